The van der Waals surface area contributed by atoms with Gasteiger partial charge in [0.05, 0.1) is 19.0 Å². The molecular formula is C22H23F2N3O2. The average Bonchev–Trinajstić information content (AvgIpc) is 3.09. The summed E-state index contributed by atoms with van der Waals surface area (Å²) in [6, 6.07) is 14.0. The van der Waals surface area contributed by atoms with Crippen LogP contribution in [0.5, 0.6) is 0 Å². The van der Waals surface area contributed by atoms with Crippen LogP contribution in [0.15, 0.2) is 48.5 Å². The quantitative estimate of drug-likeness (QED) is 0.830. The monoisotopic (exact) mass is 399 g/mol. The van der Waals surface area contributed by atoms with Crippen molar-refractivity contribution in [1.82, 2.24) is 5.32 Å². The lowest BCUT2D eigenvalue weighted by atomic mass is 10.0. The van der Waals surface area contributed by atoms with Crippen LogP contribution in [0, 0.1) is 0 Å². The van der Waals surface area contributed by atoms with Crippen LogP contribution in [0.25, 0.3) is 0 Å². The first-order valence-electron chi connectivity index (χ1n) is 9.81. The van der Waals surface area contributed by atoms with Gasteiger partial charge in [0.2, 0.25) is 11.8 Å². The van der Waals surface area contributed by atoms with E-state index in [9.17, 15) is 18.4 Å². The van der Waals surface area contributed by atoms with Gasteiger partial charge in [-0.2, -0.15) is 0 Å². The molecule has 0 spiro atoms. The lowest BCUT2D eigenvalue weighted by molar-refractivity contribution is -0.119. The zero-order valence-electron chi connectivity index (χ0n) is 16.0. The van der Waals surface area contributed by atoms with Crippen molar-refractivity contribution >= 4 is 23.2 Å². The van der Waals surface area contributed by atoms with E-state index in [0.29, 0.717) is 12.2 Å². The fourth-order valence-electron chi connectivity index (χ4n) is 3.90. The van der Waals surface area contributed by atoms with Crippen LogP contribution in [-0.4, -0.2) is 36.9 Å². The Hall–Kier alpha value is -2.80. The highest BCUT2D eigenvalue weighted by Crippen LogP contribution is 2.28. The van der Waals surface area contributed by atoms with Crippen molar-refractivity contribution in [2.24, 2.45) is 0 Å². The van der Waals surface area contributed by atoms with E-state index in [4.69, 9.17) is 0 Å². The summed E-state index contributed by atoms with van der Waals surface area (Å²) < 4.78 is 26.5. The minimum absolute atomic E-state index is 0.0336. The second-order valence-electron chi connectivity index (χ2n) is 7.63. The summed E-state index contributed by atoms with van der Waals surface area (Å²) in [5.41, 5.74) is 3.53. The molecule has 2 aromatic carbocycles. The molecule has 1 unspecified atom stereocenters. The number of fused-ring (bicyclic) bond motifs is 1. The summed E-state index contributed by atoms with van der Waals surface area (Å²) >= 11 is 0. The second-order valence-corrected chi connectivity index (χ2v) is 7.63. The number of para-hydroxylation sites is 1. The van der Waals surface area contributed by atoms with Crippen LogP contribution in [0.2, 0.25) is 0 Å². The number of nitrogens with one attached hydrogen (secondary N) is 2. The molecule has 1 fully saturated rings. The number of carbonyl (C=O) groups is 2. The molecule has 0 aromatic heterocycles. The molecule has 1 atom stereocenters. The third-order valence-electron chi connectivity index (χ3n) is 5.41. The van der Waals surface area contributed by atoms with E-state index in [2.05, 4.69) is 16.7 Å². The van der Waals surface area contributed by atoms with Gasteiger partial charge in [-0.15, -0.1) is 0 Å². The second kappa shape index (κ2) is 7.91. The number of alkyl halides is 2. The lowest BCUT2D eigenvalue weighted by Crippen LogP contribution is -2.36. The molecule has 1 saturated heterocycles. The average molecular weight is 399 g/mol. The summed E-state index contributed by atoms with van der Waals surface area (Å²) in [6.45, 7) is 0.231. The number of benzene rings is 2. The highest BCUT2D eigenvalue weighted by atomic mass is 19.3. The Balaban J connectivity index is 1.36. The third kappa shape index (κ3) is 4.45. The largest absolute Gasteiger partial charge is 0.325 e. The van der Waals surface area contributed by atoms with Gasteiger partial charge in [0, 0.05) is 24.3 Å². The van der Waals surface area contributed by atoms with Gasteiger partial charge in [0.15, 0.2) is 0 Å². The van der Waals surface area contributed by atoms with E-state index in [1.807, 2.05) is 23.1 Å². The topological polar surface area (TPSA) is 61.4 Å². The normalized spacial score (nSPS) is 20.2. The third-order valence-corrected chi connectivity index (χ3v) is 5.41. The maximum absolute atomic E-state index is 13.2. The Labute approximate surface area is 168 Å². The number of anilines is 2. The summed E-state index contributed by atoms with van der Waals surface area (Å²) in [5, 5.41) is 5.19. The first-order valence-corrected chi connectivity index (χ1v) is 9.81. The van der Waals surface area contributed by atoms with E-state index < -0.39 is 30.8 Å². The molecule has 0 bridgehead atoms. The standard InChI is InChI=1S/C22H23F2N3O2/c23-22(24)13-18(25-14-22)21(29)26-17-9-7-15(8-10-17)12-20(28)27-11-3-5-16-4-1-2-6-19(16)27/h1-2,4,6-10,18,25H,3,5,11-14H2,(H,26,29). The molecular weight excluding hydrogens is 376 g/mol. The van der Waals surface area contributed by atoms with Crippen LogP contribution in [-0.2, 0) is 22.4 Å². The van der Waals surface area contributed by atoms with E-state index in [1.165, 1.54) is 5.56 Å². The van der Waals surface area contributed by atoms with Gasteiger partial charge in [0.25, 0.3) is 5.92 Å². The molecule has 0 radical (unpaired) electrons. The number of carbonyl (C=O) groups excluding carboxylic acids is 2. The predicted molar refractivity (Wildman–Crippen MR) is 107 cm³/mol. The molecule has 2 aromatic rings. The highest BCUT2D eigenvalue weighted by Gasteiger charge is 2.42. The van der Waals surface area contributed by atoms with Crippen molar-refractivity contribution in [2.75, 3.05) is 23.3 Å². The molecule has 2 heterocycles. The minimum atomic E-state index is -2.85. The van der Waals surface area contributed by atoms with E-state index in [1.54, 1.807) is 24.3 Å². The van der Waals surface area contributed by atoms with Crippen molar-refractivity contribution in [1.29, 1.82) is 0 Å². The molecule has 2 amide bonds. The smallest absolute Gasteiger partial charge is 0.262 e. The van der Waals surface area contributed by atoms with E-state index >= 15 is 0 Å². The summed E-state index contributed by atoms with van der Waals surface area (Å²) in [4.78, 5) is 26.8. The molecule has 5 nitrogen and oxygen atoms in total. The van der Waals surface area contributed by atoms with Gasteiger partial charge >= 0.3 is 0 Å². The van der Waals surface area contributed by atoms with Crippen LogP contribution < -0.4 is 15.5 Å². The van der Waals surface area contributed by atoms with Gasteiger partial charge in [-0.05, 0) is 42.2 Å². The Kier molecular flexibility index (Phi) is 5.32. The Morgan fingerprint density at radius 2 is 1.90 bits per heavy atom. The van der Waals surface area contributed by atoms with Gasteiger partial charge < -0.3 is 10.2 Å². The zero-order chi connectivity index (χ0) is 20.4. The number of hydrogen-bond acceptors (Lipinski definition) is 3. The SMILES string of the molecule is O=C(Nc1ccc(CC(=O)N2CCCc3ccccc32)cc1)C1CC(F)(F)CN1. The first kappa shape index (κ1) is 19.5. The number of nitrogens with zero attached hydrogens (tertiary/aromatic N) is 1. The van der Waals surface area contributed by atoms with Crippen LogP contribution in [0.4, 0.5) is 20.2 Å². The summed E-state index contributed by atoms with van der Waals surface area (Å²) in [5.74, 6) is -3.29. The van der Waals surface area contributed by atoms with Gasteiger partial charge in [-0.3, -0.25) is 14.9 Å². The van der Waals surface area contributed by atoms with Crippen molar-refractivity contribution in [2.45, 2.75) is 37.6 Å². The number of amides is 2. The number of aryl methyl sites for hydroxylation is 1. The van der Waals surface area contributed by atoms with E-state index in [-0.39, 0.29) is 12.3 Å². The van der Waals surface area contributed by atoms with Gasteiger partial charge in [-0.1, -0.05) is 30.3 Å². The molecule has 152 valence electrons. The zero-order valence-corrected chi connectivity index (χ0v) is 16.0. The predicted octanol–water partition coefficient (Wildman–Crippen LogP) is 3.14. The Morgan fingerprint density at radius 1 is 1.14 bits per heavy atom. The molecule has 2 aliphatic heterocycles. The van der Waals surface area contributed by atoms with Crippen LogP contribution in [0.1, 0.15) is 24.0 Å². The molecule has 2 N–H and O–H groups in total. The highest BCUT2D eigenvalue weighted by molar-refractivity contribution is 5.96. The van der Waals surface area contributed by atoms with E-state index in [0.717, 1.165) is 24.1 Å². The molecule has 29 heavy (non-hydrogen) atoms. The van der Waals surface area contributed by atoms with Crippen LogP contribution in [0.3, 0.4) is 0 Å². The minimum Gasteiger partial charge on any atom is -0.325 e. The Bertz CT molecular complexity index is 915. The number of rotatable bonds is 4. The first-order chi connectivity index (χ1) is 13.9. The van der Waals surface area contributed by atoms with Crippen molar-refractivity contribution in [3.8, 4) is 0 Å². The van der Waals surface area contributed by atoms with Gasteiger partial charge in [0.1, 0.15) is 0 Å². The molecule has 2 aliphatic rings. The lowest BCUT2D eigenvalue weighted by Gasteiger charge is -2.29. The summed E-state index contributed by atoms with van der Waals surface area (Å²) in [7, 11) is 0. The number of hydrogen-bond donors (Lipinski definition) is 2. The van der Waals surface area contributed by atoms with Gasteiger partial charge in [-0.25, -0.2) is 8.78 Å². The maximum Gasteiger partial charge on any atom is 0.262 e. The van der Waals surface area contributed by atoms with Crippen molar-refractivity contribution < 1.29 is 18.4 Å². The van der Waals surface area contributed by atoms with Crippen molar-refractivity contribution in [3.05, 3.63) is 59.7 Å². The fourth-order valence-corrected chi connectivity index (χ4v) is 3.90. The van der Waals surface area contributed by atoms with Crippen LogP contribution >= 0.6 is 0 Å². The molecule has 0 saturated carbocycles. The Morgan fingerprint density at radius 3 is 2.62 bits per heavy atom. The van der Waals surface area contributed by atoms with Crippen molar-refractivity contribution in [3.63, 3.8) is 0 Å². The number of halogens is 2. The molecule has 4 rings (SSSR count). The summed E-state index contributed by atoms with van der Waals surface area (Å²) in [6.07, 6.45) is 1.69. The molecule has 7 heteroatoms. The maximum atomic E-state index is 13.2. The fraction of sp³-hybridized carbons (Fsp3) is 0.364. The molecule has 0 aliphatic carbocycles.